The first-order valence-electron chi connectivity index (χ1n) is 8.84. The number of nitriles is 1. The number of hydrogen-bond acceptors (Lipinski definition) is 2. The third kappa shape index (κ3) is 3.34. The van der Waals surface area contributed by atoms with Gasteiger partial charge in [0.2, 0.25) is 0 Å². The largest absolute Gasteiger partial charge is 0.323 e. The molecule has 2 N–H and O–H groups in total. The fourth-order valence-corrected chi connectivity index (χ4v) is 3.48. The summed E-state index contributed by atoms with van der Waals surface area (Å²) in [6, 6.07) is 17.6. The van der Waals surface area contributed by atoms with Crippen LogP contribution in [-0.2, 0) is 6.42 Å². The molecule has 4 heteroatoms. The topological polar surface area (TPSA) is 64.9 Å². The van der Waals surface area contributed by atoms with Crippen molar-refractivity contribution in [1.29, 1.82) is 5.26 Å². The Labute approximate surface area is 154 Å². The summed E-state index contributed by atoms with van der Waals surface area (Å²) < 4.78 is 0. The van der Waals surface area contributed by atoms with E-state index in [1.54, 1.807) is 0 Å². The van der Waals surface area contributed by atoms with E-state index in [1.807, 2.05) is 49.4 Å². The second-order valence-electron chi connectivity index (χ2n) is 7.06. The van der Waals surface area contributed by atoms with Crippen LogP contribution in [0, 0.1) is 23.7 Å². The SMILES string of the molecule is CC[C@@]1(C)Cc2ccccc2C(NC(=O)Nc2cccc(C)c2)=C1C#N. The van der Waals surface area contributed by atoms with Crippen LogP contribution in [0.1, 0.15) is 37.0 Å². The highest BCUT2D eigenvalue weighted by Gasteiger charge is 2.36. The van der Waals surface area contributed by atoms with Crippen LogP contribution in [0.5, 0.6) is 0 Å². The highest BCUT2D eigenvalue weighted by molar-refractivity contribution is 5.97. The molecule has 0 unspecified atom stereocenters. The number of fused-ring (bicyclic) bond motifs is 1. The van der Waals surface area contributed by atoms with Gasteiger partial charge in [-0.3, -0.25) is 0 Å². The van der Waals surface area contributed by atoms with Crippen molar-refractivity contribution in [1.82, 2.24) is 5.32 Å². The van der Waals surface area contributed by atoms with Crippen LogP contribution in [0.4, 0.5) is 10.5 Å². The molecule has 26 heavy (non-hydrogen) atoms. The summed E-state index contributed by atoms with van der Waals surface area (Å²) in [5.41, 5.74) is 4.85. The molecule has 1 atom stereocenters. The molecule has 1 aliphatic carbocycles. The maximum atomic E-state index is 12.6. The Balaban J connectivity index is 1.97. The van der Waals surface area contributed by atoms with E-state index in [-0.39, 0.29) is 11.4 Å². The summed E-state index contributed by atoms with van der Waals surface area (Å²) in [5.74, 6) is 0. The third-order valence-electron chi connectivity index (χ3n) is 5.13. The number of rotatable bonds is 3. The van der Waals surface area contributed by atoms with Crippen LogP contribution in [-0.4, -0.2) is 6.03 Å². The molecule has 0 fully saturated rings. The molecule has 0 radical (unpaired) electrons. The highest BCUT2D eigenvalue weighted by Crippen LogP contribution is 2.43. The molecule has 3 rings (SSSR count). The van der Waals surface area contributed by atoms with Crippen molar-refractivity contribution in [3.05, 3.63) is 70.8 Å². The van der Waals surface area contributed by atoms with Gasteiger partial charge in [-0.2, -0.15) is 5.26 Å². The number of allylic oxidation sites excluding steroid dienone is 1. The molecule has 2 aromatic rings. The predicted octanol–water partition coefficient (Wildman–Crippen LogP) is 5.02. The Morgan fingerprint density at radius 2 is 1.96 bits per heavy atom. The predicted molar refractivity (Wildman–Crippen MR) is 104 cm³/mol. The first-order chi connectivity index (χ1) is 12.5. The average molecular weight is 345 g/mol. The Kier molecular flexibility index (Phi) is 4.81. The second-order valence-corrected chi connectivity index (χ2v) is 7.06. The molecule has 2 aromatic carbocycles. The minimum Gasteiger partial charge on any atom is -0.308 e. The van der Waals surface area contributed by atoms with Crippen LogP contribution in [0.3, 0.4) is 0 Å². The number of nitrogens with zero attached hydrogens (tertiary/aromatic N) is 1. The number of benzene rings is 2. The fourth-order valence-electron chi connectivity index (χ4n) is 3.48. The minimum atomic E-state index is -0.339. The molecule has 0 aromatic heterocycles. The molecule has 2 amide bonds. The number of carbonyl (C=O) groups excluding carboxylic acids is 1. The van der Waals surface area contributed by atoms with E-state index < -0.39 is 0 Å². The smallest absolute Gasteiger partial charge is 0.308 e. The molecule has 0 heterocycles. The van der Waals surface area contributed by atoms with Crippen LogP contribution >= 0.6 is 0 Å². The molecule has 0 bridgehead atoms. The number of hydrogen-bond donors (Lipinski definition) is 2. The first-order valence-corrected chi connectivity index (χ1v) is 8.84. The quantitative estimate of drug-likeness (QED) is 0.820. The van der Waals surface area contributed by atoms with Gasteiger partial charge in [-0.1, -0.05) is 50.2 Å². The van der Waals surface area contributed by atoms with E-state index in [2.05, 4.69) is 36.6 Å². The molecule has 132 valence electrons. The van der Waals surface area contributed by atoms with Gasteiger partial charge in [0.1, 0.15) is 0 Å². The number of urea groups is 1. The summed E-state index contributed by atoms with van der Waals surface area (Å²) in [6.45, 7) is 6.14. The van der Waals surface area contributed by atoms with E-state index in [0.29, 0.717) is 11.3 Å². The molecule has 0 aliphatic heterocycles. The molecule has 0 saturated heterocycles. The summed E-state index contributed by atoms with van der Waals surface area (Å²) >= 11 is 0. The second kappa shape index (κ2) is 7.05. The van der Waals surface area contributed by atoms with E-state index in [4.69, 9.17) is 0 Å². The number of nitrogens with one attached hydrogen (secondary N) is 2. The highest BCUT2D eigenvalue weighted by atomic mass is 16.2. The van der Waals surface area contributed by atoms with Gasteiger partial charge in [-0.15, -0.1) is 0 Å². The molecular weight excluding hydrogens is 322 g/mol. The summed E-state index contributed by atoms with van der Waals surface area (Å²) in [4.78, 5) is 12.6. The van der Waals surface area contributed by atoms with Crippen LogP contribution in [0.25, 0.3) is 5.70 Å². The number of aryl methyl sites for hydroxylation is 1. The fraction of sp³-hybridized carbons (Fsp3) is 0.273. The lowest BCUT2D eigenvalue weighted by molar-refractivity contribution is 0.255. The Morgan fingerprint density at radius 3 is 2.65 bits per heavy atom. The number of amides is 2. The zero-order chi connectivity index (χ0) is 18.7. The zero-order valence-corrected chi connectivity index (χ0v) is 15.4. The molecule has 1 aliphatic rings. The normalized spacial score (nSPS) is 18.7. The lowest BCUT2D eigenvalue weighted by atomic mass is 9.69. The van der Waals surface area contributed by atoms with Crippen molar-refractivity contribution in [2.24, 2.45) is 5.41 Å². The Hall–Kier alpha value is -3.06. The van der Waals surface area contributed by atoms with Crippen molar-refractivity contribution >= 4 is 17.4 Å². The van der Waals surface area contributed by atoms with E-state index in [1.165, 1.54) is 0 Å². The first kappa shape index (κ1) is 17.8. The van der Waals surface area contributed by atoms with E-state index in [9.17, 15) is 10.1 Å². The summed E-state index contributed by atoms with van der Waals surface area (Å²) in [5, 5.41) is 15.6. The monoisotopic (exact) mass is 345 g/mol. The van der Waals surface area contributed by atoms with Gasteiger partial charge in [-0.05, 0) is 43.0 Å². The van der Waals surface area contributed by atoms with Gasteiger partial charge in [-0.25, -0.2) is 4.79 Å². The van der Waals surface area contributed by atoms with Gasteiger partial charge in [0, 0.05) is 16.7 Å². The maximum Gasteiger partial charge on any atom is 0.323 e. The van der Waals surface area contributed by atoms with E-state index in [0.717, 1.165) is 35.2 Å². The van der Waals surface area contributed by atoms with Crippen molar-refractivity contribution in [3.8, 4) is 6.07 Å². The molecule has 0 spiro atoms. The molecular formula is C22H23N3O. The van der Waals surface area contributed by atoms with Crippen molar-refractivity contribution < 1.29 is 4.79 Å². The summed E-state index contributed by atoms with van der Waals surface area (Å²) in [6.07, 6.45) is 1.63. The van der Waals surface area contributed by atoms with Crippen LogP contribution in [0.15, 0.2) is 54.1 Å². The molecule has 0 saturated carbocycles. The lowest BCUT2D eigenvalue weighted by Crippen LogP contribution is -2.35. The van der Waals surface area contributed by atoms with Gasteiger partial charge >= 0.3 is 6.03 Å². The van der Waals surface area contributed by atoms with Crippen LogP contribution < -0.4 is 10.6 Å². The average Bonchev–Trinajstić information content (AvgIpc) is 2.61. The minimum absolute atomic E-state index is 0.283. The van der Waals surface area contributed by atoms with Crippen molar-refractivity contribution in [2.45, 2.75) is 33.6 Å². The Morgan fingerprint density at radius 1 is 1.19 bits per heavy atom. The van der Waals surface area contributed by atoms with Gasteiger partial charge in [0.25, 0.3) is 0 Å². The summed E-state index contributed by atoms with van der Waals surface area (Å²) in [7, 11) is 0. The number of carbonyl (C=O) groups is 1. The van der Waals surface area contributed by atoms with Crippen molar-refractivity contribution in [3.63, 3.8) is 0 Å². The maximum absolute atomic E-state index is 12.6. The van der Waals surface area contributed by atoms with Crippen LogP contribution in [0.2, 0.25) is 0 Å². The van der Waals surface area contributed by atoms with Gasteiger partial charge in [0.05, 0.1) is 17.3 Å². The standard InChI is InChI=1S/C22H23N3O/c1-4-22(3)13-16-9-5-6-11-18(16)20(19(22)14-23)25-21(26)24-17-10-7-8-15(2)12-17/h5-12H,4,13H2,1-3H3,(H2,24,25,26)/t22-/m0/s1. The van der Waals surface area contributed by atoms with Gasteiger partial charge in [0.15, 0.2) is 0 Å². The zero-order valence-electron chi connectivity index (χ0n) is 15.4. The third-order valence-corrected chi connectivity index (χ3v) is 5.13. The van der Waals surface area contributed by atoms with Gasteiger partial charge < -0.3 is 10.6 Å². The molecule has 4 nitrogen and oxygen atoms in total. The van der Waals surface area contributed by atoms with E-state index >= 15 is 0 Å². The lowest BCUT2D eigenvalue weighted by Gasteiger charge is -2.35. The van der Waals surface area contributed by atoms with Crippen molar-refractivity contribution in [2.75, 3.05) is 5.32 Å². The Bertz CT molecular complexity index is 923. The number of anilines is 1.